The Morgan fingerprint density at radius 2 is 1.73 bits per heavy atom. The maximum absolute atomic E-state index is 13.1. The maximum Gasteiger partial charge on any atom is 0.325 e. The molecule has 7 nitrogen and oxygen atoms in total. The van der Waals surface area contributed by atoms with Crippen molar-refractivity contribution in [3.63, 3.8) is 0 Å². The minimum absolute atomic E-state index is 0.0434. The summed E-state index contributed by atoms with van der Waals surface area (Å²) in [7, 11) is -4.63. The number of nitrogens with one attached hydrogen (secondary N) is 1. The first-order chi connectivity index (χ1) is 9.96. The Hall–Kier alpha value is -1.95. The fourth-order valence-electron chi connectivity index (χ4n) is 1.88. The molecule has 1 fully saturated rings. The lowest BCUT2D eigenvalue weighted by molar-refractivity contribution is -0.445. The number of alkyl halides is 4. The van der Waals surface area contributed by atoms with Crippen molar-refractivity contribution in [2.75, 3.05) is 18.5 Å². The highest BCUT2D eigenvalue weighted by atomic mass is 32.2. The van der Waals surface area contributed by atoms with Gasteiger partial charge in [0.15, 0.2) is 5.03 Å². The molecule has 0 unspecified atom stereocenters. The Morgan fingerprint density at radius 3 is 2.23 bits per heavy atom. The Kier molecular flexibility index (Phi) is 3.77. The number of nitrogens with zero attached hydrogens (tertiary/aromatic N) is 2. The summed E-state index contributed by atoms with van der Waals surface area (Å²) in [4.78, 5) is 9.69. The summed E-state index contributed by atoms with van der Waals surface area (Å²) in [5.74, 6) is -8.95. The molecule has 2 rings (SSSR count). The van der Waals surface area contributed by atoms with E-state index in [9.17, 15) is 36.1 Å². The molecule has 122 valence electrons. The number of hydrogen-bond acceptors (Lipinski definition) is 4. The third-order valence-corrected chi connectivity index (χ3v) is 4.76. The summed E-state index contributed by atoms with van der Waals surface area (Å²) < 4.78 is 76.6. The van der Waals surface area contributed by atoms with Crippen LogP contribution in [0.15, 0.2) is 29.2 Å². The molecule has 0 atom stereocenters. The van der Waals surface area contributed by atoms with Gasteiger partial charge in [-0.05, 0) is 18.2 Å². The van der Waals surface area contributed by atoms with Crippen LogP contribution in [-0.2, 0) is 10.0 Å². The van der Waals surface area contributed by atoms with E-state index in [0.717, 1.165) is 24.3 Å². The van der Waals surface area contributed by atoms with Gasteiger partial charge in [-0.15, -0.1) is 5.43 Å². The van der Waals surface area contributed by atoms with Crippen LogP contribution < -0.4 is 5.43 Å². The smallest absolute Gasteiger partial charge is 0.235 e. The van der Waals surface area contributed by atoms with Crippen molar-refractivity contribution >= 4 is 15.7 Å². The molecule has 0 aromatic heterocycles. The number of anilines is 1. The van der Waals surface area contributed by atoms with E-state index in [0.29, 0.717) is 0 Å². The van der Waals surface area contributed by atoms with Gasteiger partial charge in [0.2, 0.25) is 10.0 Å². The summed E-state index contributed by atoms with van der Waals surface area (Å²) in [5.41, 5.74) is 1.45. The van der Waals surface area contributed by atoms with Crippen molar-refractivity contribution in [3.05, 3.63) is 34.4 Å². The largest absolute Gasteiger partial charge is 0.325 e. The van der Waals surface area contributed by atoms with E-state index in [4.69, 9.17) is 0 Å². The molecule has 0 aliphatic carbocycles. The van der Waals surface area contributed by atoms with Crippen LogP contribution in [0.2, 0.25) is 0 Å². The van der Waals surface area contributed by atoms with E-state index in [-0.39, 0.29) is 9.99 Å². The Bertz CT molecular complexity index is 694. The highest BCUT2D eigenvalue weighted by molar-refractivity contribution is 7.89. The second kappa shape index (κ2) is 5.05. The molecule has 12 heteroatoms. The number of nitro groups is 1. The second-order valence-corrected chi connectivity index (χ2v) is 6.52. The van der Waals surface area contributed by atoms with Crippen LogP contribution >= 0.6 is 0 Å². The molecule has 0 amide bonds. The van der Waals surface area contributed by atoms with Gasteiger partial charge >= 0.3 is 11.8 Å². The van der Waals surface area contributed by atoms with E-state index in [2.05, 4.69) is 0 Å². The first kappa shape index (κ1) is 16.4. The van der Waals surface area contributed by atoms with Crippen molar-refractivity contribution in [2.45, 2.75) is 16.7 Å². The summed E-state index contributed by atoms with van der Waals surface area (Å²) in [6.07, 6.45) is 0. The first-order valence-corrected chi connectivity index (χ1v) is 7.17. The molecule has 0 radical (unpaired) electrons. The summed E-state index contributed by atoms with van der Waals surface area (Å²) in [5, 5.41) is 9.34. The van der Waals surface area contributed by atoms with E-state index in [1.807, 2.05) is 0 Å². The number of benzene rings is 1. The van der Waals surface area contributed by atoms with Crippen molar-refractivity contribution in [1.82, 2.24) is 4.31 Å². The van der Waals surface area contributed by atoms with Gasteiger partial charge in [0.1, 0.15) is 5.69 Å². The molecule has 22 heavy (non-hydrogen) atoms. The van der Waals surface area contributed by atoms with Crippen LogP contribution in [0, 0.1) is 10.1 Å². The number of hydrogen-bond donors (Lipinski definition) is 1. The number of sulfonamides is 1. The van der Waals surface area contributed by atoms with Crippen LogP contribution in [-0.4, -0.2) is 42.7 Å². The second-order valence-electron chi connectivity index (χ2n) is 4.58. The van der Waals surface area contributed by atoms with Gasteiger partial charge in [-0.3, -0.25) is 0 Å². The van der Waals surface area contributed by atoms with Gasteiger partial charge in [0.05, 0.1) is 18.0 Å². The Labute approximate surface area is 121 Å². The van der Waals surface area contributed by atoms with E-state index >= 15 is 0 Å². The predicted molar refractivity (Wildman–Crippen MR) is 65.7 cm³/mol. The lowest BCUT2D eigenvalue weighted by atomic mass is 10.2. The van der Waals surface area contributed by atoms with E-state index in [1.165, 1.54) is 0 Å². The SMILES string of the molecule is O=[N+]([O-])Nc1cccc(S(=O)(=O)N2CC(F)(F)C(F)(F)C2)c1. The topological polar surface area (TPSA) is 92.5 Å². The summed E-state index contributed by atoms with van der Waals surface area (Å²) in [6.45, 7) is -3.32. The van der Waals surface area contributed by atoms with Crippen molar-refractivity contribution in [3.8, 4) is 0 Å². The van der Waals surface area contributed by atoms with Crippen LogP contribution in [0.25, 0.3) is 0 Å². The van der Waals surface area contributed by atoms with Crippen molar-refractivity contribution < 1.29 is 31.0 Å². The van der Waals surface area contributed by atoms with Gasteiger partial charge in [-0.2, -0.15) is 21.9 Å². The van der Waals surface area contributed by atoms with Crippen LogP contribution in [0.3, 0.4) is 0 Å². The van der Waals surface area contributed by atoms with Gasteiger partial charge in [-0.25, -0.2) is 18.5 Å². The van der Waals surface area contributed by atoms with Gasteiger partial charge < -0.3 is 0 Å². The average molecular weight is 343 g/mol. The van der Waals surface area contributed by atoms with Gasteiger partial charge in [0.25, 0.3) is 0 Å². The Morgan fingerprint density at radius 1 is 1.18 bits per heavy atom. The third-order valence-electron chi connectivity index (χ3n) is 2.98. The van der Waals surface area contributed by atoms with Gasteiger partial charge in [0, 0.05) is 0 Å². The number of halogens is 4. The zero-order chi connectivity index (χ0) is 16.8. The number of rotatable bonds is 4. The van der Waals surface area contributed by atoms with Gasteiger partial charge in [-0.1, -0.05) is 6.07 Å². The zero-order valence-electron chi connectivity index (χ0n) is 10.7. The van der Waals surface area contributed by atoms with Crippen molar-refractivity contribution in [1.29, 1.82) is 0 Å². The standard InChI is InChI=1S/C10H9F4N3O4S/c11-9(12)5-16(6-10(9,13)14)22(20,21)8-3-1-2-7(4-8)15-17(18)19/h1-4,15H,5-6H2. The van der Waals surface area contributed by atoms with Crippen molar-refractivity contribution in [2.24, 2.45) is 0 Å². The normalized spacial score (nSPS) is 20.7. The van der Waals surface area contributed by atoms with Crippen LogP contribution in [0.4, 0.5) is 23.2 Å². The molecule has 1 aliphatic rings. The molecule has 0 spiro atoms. The molecule has 1 aromatic carbocycles. The maximum atomic E-state index is 13.1. The van der Waals surface area contributed by atoms with E-state index < -0.39 is 44.9 Å². The monoisotopic (exact) mass is 343 g/mol. The van der Waals surface area contributed by atoms with Crippen LogP contribution in [0.1, 0.15) is 0 Å². The lowest BCUT2D eigenvalue weighted by Gasteiger charge is -2.15. The summed E-state index contributed by atoms with van der Waals surface area (Å²) >= 11 is 0. The van der Waals surface area contributed by atoms with E-state index in [1.54, 1.807) is 5.43 Å². The highest BCUT2D eigenvalue weighted by Gasteiger charge is 2.65. The molecule has 0 saturated carbocycles. The predicted octanol–water partition coefficient (Wildman–Crippen LogP) is 1.57. The third kappa shape index (κ3) is 2.83. The highest BCUT2D eigenvalue weighted by Crippen LogP contribution is 2.42. The average Bonchev–Trinajstić information content (AvgIpc) is 2.58. The Balaban J connectivity index is 2.34. The fourth-order valence-corrected chi connectivity index (χ4v) is 3.37. The molecule has 1 N–H and O–H groups in total. The molecule has 1 aromatic rings. The molecule has 1 aliphatic heterocycles. The first-order valence-electron chi connectivity index (χ1n) is 5.73. The summed E-state index contributed by atoms with van der Waals surface area (Å²) in [6, 6.07) is 4.04. The molecule has 1 heterocycles. The molecular formula is C10H9F4N3O4S. The molecule has 0 bridgehead atoms. The molecular weight excluding hydrogens is 334 g/mol. The number of hydrazine groups is 1. The minimum atomic E-state index is -4.63. The minimum Gasteiger partial charge on any atom is -0.235 e. The fraction of sp³-hybridized carbons (Fsp3) is 0.400. The lowest BCUT2D eigenvalue weighted by Crippen LogP contribution is -2.38. The zero-order valence-corrected chi connectivity index (χ0v) is 11.5. The molecule has 1 saturated heterocycles. The van der Waals surface area contributed by atoms with Crippen LogP contribution in [0.5, 0.6) is 0 Å². The quantitative estimate of drug-likeness (QED) is 0.509.